The van der Waals surface area contributed by atoms with Gasteiger partial charge in [0.05, 0.1) is 5.38 Å². The van der Waals surface area contributed by atoms with E-state index in [4.69, 9.17) is 11.6 Å². The number of halogens is 1. The molecule has 0 aliphatic rings. The molecule has 0 aliphatic carbocycles. The number of benzene rings is 1. The van der Waals surface area contributed by atoms with Crippen LogP contribution in [0.3, 0.4) is 0 Å². The molecule has 13 heavy (non-hydrogen) atoms. The summed E-state index contributed by atoms with van der Waals surface area (Å²) in [4.78, 5) is 0. The largest absolute Gasteiger partial charge is 0.118 e. The van der Waals surface area contributed by atoms with E-state index in [9.17, 15) is 0 Å². The Morgan fingerprint density at radius 2 is 2.00 bits per heavy atom. The van der Waals surface area contributed by atoms with Crippen LogP contribution in [-0.2, 0) is 0 Å². The molecule has 2 unspecified atom stereocenters. The maximum atomic E-state index is 6.38. The molecule has 1 aromatic carbocycles. The highest BCUT2D eigenvalue weighted by Gasteiger charge is 2.15. The molecule has 0 radical (unpaired) electrons. The first-order valence-corrected chi connectivity index (χ1v) is 6.30. The number of hydrogen-bond donors (Lipinski definition) is 0. The monoisotopic (exact) mass is 212 g/mol. The molecular weight excluding hydrogens is 196 g/mol. The highest BCUT2D eigenvalue weighted by molar-refractivity contribution is 6.34. The molecule has 0 fully saturated rings. The molecule has 0 amide bonds. The Balaban J connectivity index is 2.88. The number of rotatable bonds is 3. The topological polar surface area (TPSA) is 0 Å². The zero-order valence-electron chi connectivity index (χ0n) is 8.55. The number of hydrogen-bond acceptors (Lipinski definition) is 0. The van der Waals surface area contributed by atoms with Crippen LogP contribution in [0.15, 0.2) is 24.3 Å². The minimum atomic E-state index is 0.193. The van der Waals surface area contributed by atoms with Gasteiger partial charge in [0, 0.05) is 10.2 Å². The summed E-state index contributed by atoms with van der Waals surface area (Å²) >= 11 is 6.38. The lowest BCUT2D eigenvalue weighted by Crippen LogP contribution is -2.15. The van der Waals surface area contributed by atoms with Crippen molar-refractivity contribution in [3.63, 3.8) is 0 Å². The molecule has 0 N–H and O–H groups in total. The summed E-state index contributed by atoms with van der Waals surface area (Å²) in [6.07, 6.45) is 1.14. The predicted molar refractivity (Wildman–Crippen MR) is 64.1 cm³/mol. The van der Waals surface area contributed by atoms with E-state index in [1.165, 1.54) is 10.8 Å². The van der Waals surface area contributed by atoms with Gasteiger partial charge in [-0.05, 0) is 11.5 Å². The van der Waals surface area contributed by atoms with Crippen molar-refractivity contribution < 1.29 is 0 Å². The third-order valence-electron chi connectivity index (χ3n) is 2.63. The van der Waals surface area contributed by atoms with E-state index in [-0.39, 0.29) is 5.38 Å². The second-order valence-corrected chi connectivity index (χ2v) is 5.19. The predicted octanol–water partition coefficient (Wildman–Crippen LogP) is 2.00. The molecule has 2 heteroatoms. The normalized spacial score (nSPS) is 15.6. The Bertz CT molecular complexity index is 273. The molecule has 0 spiro atoms. The van der Waals surface area contributed by atoms with Gasteiger partial charge in [-0.15, -0.1) is 11.6 Å². The SMILES string of the molecule is CCC(C)C(Cl)c1ccccc1[SiH3]. The molecule has 0 saturated heterocycles. The van der Waals surface area contributed by atoms with Crippen LogP contribution < -0.4 is 5.19 Å². The Kier molecular flexibility index (Phi) is 4.01. The first-order chi connectivity index (χ1) is 6.16. The summed E-state index contributed by atoms with van der Waals surface area (Å²) in [5.74, 6) is 0.566. The van der Waals surface area contributed by atoms with Crippen LogP contribution in [0, 0.1) is 5.92 Å². The van der Waals surface area contributed by atoms with Gasteiger partial charge in [0.1, 0.15) is 0 Å². The average molecular weight is 213 g/mol. The van der Waals surface area contributed by atoms with Crippen molar-refractivity contribution >= 4 is 27.0 Å². The molecule has 0 saturated carbocycles. The quantitative estimate of drug-likeness (QED) is 0.531. The van der Waals surface area contributed by atoms with Gasteiger partial charge >= 0.3 is 0 Å². The van der Waals surface area contributed by atoms with Gasteiger partial charge in [0.2, 0.25) is 0 Å². The molecule has 0 bridgehead atoms. The molecule has 72 valence electrons. The first kappa shape index (κ1) is 10.8. The molecule has 0 heterocycles. The highest BCUT2D eigenvalue weighted by atomic mass is 35.5. The van der Waals surface area contributed by atoms with Crippen LogP contribution in [0.4, 0.5) is 0 Å². The van der Waals surface area contributed by atoms with Crippen molar-refractivity contribution in [3.05, 3.63) is 29.8 Å². The third-order valence-corrected chi connectivity index (χ3v) is 4.21. The molecular formula is C11H17ClSi. The molecule has 0 nitrogen and oxygen atoms in total. The van der Waals surface area contributed by atoms with Crippen LogP contribution in [0.5, 0.6) is 0 Å². The van der Waals surface area contributed by atoms with Gasteiger partial charge in [-0.3, -0.25) is 0 Å². The van der Waals surface area contributed by atoms with Crippen molar-refractivity contribution in [2.75, 3.05) is 0 Å². The van der Waals surface area contributed by atoms with Crippen LogP contribution in [0.25, 0.3) is 0 Å². The van der Waals surface area contributed by atoms with E-state index in [0.717, 1.165) is 16.7 Å². The van der Waals surface area contributed by atoms with Crippen molar-refractivity contribution in [2.24, 2.45) is 5.92 Å². The summed E-state index contributed by atoms with van der Waals surface area (Å²) in [6.45, 7) is 4.40. The van der Waals surface area contributed by atoms with E-state index in [1.54, 1.807) is 0 Å². The molecule has 1 rings (SSSR count). The Morgan fingerprint density at radius 1 is 1.38 bits per heavy atom. The summed E-state index contributed by atoms with van der Waals surface area (Å²) in [6, 6.07) is 8.51. The minimum Gasteiger partial charge on any atom is -0.118 e. The Morgan fingerprint density at radius 3 is 2.54 bits per heavy atom. The second-order valence-electron chi connectivity index (χ2n) is 3.64. The van der Waals surface area contributed by atoms with Crippen molar-refractivity contribution in [1.82, 2.24) is 0 Å². The van der Waals surface area contributed by atoms with Gasteiger partial charge in [-0.1, -0.05) is 49.7 Å². The lowest BCUT2D eigenvalue weighted by atomic mass is 9.98. The molecule has 0 aliphatic heterocycles. The zero-order chi connectivity index (χ0) is 9.84. The number of alkyl halides is 1. The fraction of sp³-hybridized carbons (Fsp3) is 0.455. The summed E-state index contributed by atoms with van der Waals surface area (Å²) < 4.78 is 0. The van der Waals surface area contributed by atoms with Gasteiger partial charge in [0.25, 0.3) is 0 Å². The van der Waals surface area contributed by atoms with Crippen LogP contribution in [0.1, 0.15) is 31.2 Å². The third kappa shape index (κ3) is 2.58. The summed E-state index contributed by atoms with van der Waals surface area (Å²) in [5, 5.41) is 1.63. The van der Waals surface area contributed by atoms with Crippen molar-refractivity contribution in [3.8, 4) is 0 Å². The summed E-state index contributed by atoms with van der Waals surface area (Å²) in [7, 11) is 1.09. The minimum absolute atomic E-state index is 0.193. The summed E-state index contributed by atoms with van der Waals surface area (Å²) in [5.41, 5.74) is 1.34. The fourth-order valence-corrected chi connectivity index (χ4v) is 2.69. The van der Waals surface area contributed by atoms with Crippen LogP contribution in [0.2, 0.25) is 0 Å². The molecule has 0 aromatic heterocycles. The van der Waals surface area contributed by atoms with Gasteiger partial charge in [-0.25, -0.2) is 0 Å². The van der Waals surface area contributed by atoms with Gasteiger partial charge in [-0.2, -0.15) is 0 Å². The average Bonchev–Trinajstić information content (AvgIpc) is 2.16. The van der Waals surface area contributed by atoms with Gasteiger partial charge < -0.3 is 0 Å². The second kappa shape index (κ2) is 4.82. The van der Waals surface area contributed by atoms with Crippen LogP contribution >= 0.6 is 11.6 Å². The lowest BCUT2D eigenvalue weighted by molar-refractivity contribution is 0.544. The van der Waals surface area contributed by atoms with E-state index in [2.05, 4.69) is 38.1 Å². The van der Waals surface area contributed by atoms with Crippen molar-refractivity contribution in [1.29, 1.82) is 0 Å². The first-order valence-electron chi connectivity index (χ1n) is 4.86. The van der Waals surface area contributed by atoms with E-state index in [0.29, 0.717) is 5.92 Å². The van der Waals surface area contributed by atoms with Crippen molar-refractivity contribution in [2.45, 2.75) is 25.6 Å². The maximum absolute atomic E-state index is 6.38. The van der Waals surface area contributed by atoms with Gasteiger partial charge in [0.15, 0.2) is 0 Å². The Labute approximate surface area is 88.7 Å². The lowest BCUT2D eigenvalue weighted by Gasteiger charge is -2.18. The maximum Gasteiger partial charge on any atom is 0.0609 e. The Hall–Kier alpha value is -0.273. The van der Waals surface area contributed by atoms with E-state index >= 15 is 0 Å². The fourth-order valence-electron chi connectivity index (χ4n) is 1.41. The van der Waals surface area contributed by atoms with E-state index in [1.807, 2.05) is 0 Å². The van der Waals surface area contributed by atoms with E-state index < -0.39 is 0 Å². The standard InChI is InChI=1S/C11H17ClSi/c1-3-8(2)11(12)9-6-4-5-7-10(9)13/h4-8,11H,3H2,1-2,13H3. The highest BCUT2D eigenvalue weighted by Crippen LogP contribution is 2.29. The molecule has 2 atom stereocenters. The smallest absolute Gasteiger partial charge is 0.0609 e. The van der Waals surface area contributed by atoms with Crippen LogP contribution in [-0.4, -0.2) is 10.2 Å². The zero-order valence-corrected chi connectivity index (χ0v) is 11.3. The molecule has 1 aromatic rings.